The van der Waals surface area contributed by atoms with E-state index in [-0.39, 0.29) is 17.7 Å². The van der Waals surface area contributed by atoms with Crippen LogP contribution in [0.2, 0.25) is 0 Å². The minimum Gasteiger partial charge on any atom is -0.373 e. The van der Waals surface area contributed by atoms with Crippen LogP contribution in [-0.4, -0.2) is 91.9 Å². The molecule has 3 fully saturated rings. The molecule has 4 heterocycles. The molecule has 0 aliphatic carbocycles. The number of carbonyl (C=O) groups excluding carboxylic acids is 1. The molecule has 4 rings (SSSR count). The van der Waals surface area contributed by atoms with Gasteiger partial charge in [-0.2, -0.15) is 0 Å². The number of carbonyl (C=O) groups is 1. The van der Waals surface area contributed by atoms with Gasteiger partial charge in [0.2, 0.25) is 0 Å². The predicted molar refractivity (Wildman–Crippen MR) is 135 cm³/mol. The third-order valence-corrected chi connectivity index (χ3v) is 7.40. The number of nitrogens with zero attached hydrogens (tertiary/aromatic N) is 4. The van der Waals surface area contributed by atoms with Crippen LogP contribution in [0.5, 0.6) is 0 Å². The Labute approximate surface area is 198 Å². The number of hydrogen-bond donors (Lipinski definition) is 3. The van der Waals surface area contributed by atoms with E-state index >= 15 is 0 Å². The number of nitrogens with one attached hydrogen (secondary N) is 3. The monoisotopic (exact) mass is 455 g/mol. The fourth-order valence-corrected chi connectivity index (χ4v) is 5.29. The number of likely N-dealkylation sites (tertiary alicyclic amines) is 2. The van der Waals surface area contributed by atoms with Gasteiger partial charge < -0.3 is 25.3 Å². The molecule has 0 aromatic carbocycles. The van der Waals surface area contributed by atoms with Crippen molar-refractivity contribution in [2.24, 2.45) is 0 Å². The van der Waals surface area contributed by atoms with Gasteiger partial charge in [-0.1, -0.05) is 12.8 Å². The summed E-state index contributed by atoms with van der Waals surface area (Å²) in [5, 5.41) is 14.7. The lowest BCUT2D eigenvalue weighted by molar-refractivity contribution is -0.115. The maximum Gasteiger partial charge on any atom is 0.270 e. The summed E-state index contributed by atoms with van der Waals surface area (Å²) >= 11 is 0. The van der Waals surface area contributed by atoms with Crippen LogP contribution in [0, 0.1) is 5.41 Å². The van der Waals surface area contributed by atoms with E-state index in [0.29, 0.717) is 11.4 Å². The van der Waals surface area contributed by atoms with Gasteiger partial charge in [0, 0.05) is 57.9 Å². The Balaban J connectivity index is 1.28. The lowest BCUT2D eigenvalue weighted by Gasteiger charge is -2.33. The highest BCUT2D eigenvalue weighted by molar-refractivity contribution is 6.45. The molecule has 1 aromatic heterocycles. The third kappa shape index (κ3) is 6.44. The van der Waals surface area contributed by atoms with Crippen molar-refractivity contribution in [2.75, 3.05) is 69.6 Å². The van der Waals surface area contributed by atoms with Crippen molar-refractivity contribution in [3.05, 3.63) is 17.7 Å². The van der Waals surface area contributed by atoms with Gasteiger partial charge in [-0.05, 0) is 63.7 Å². The Bertz CT molecular complexity index is 792. The predicted octanol–water partition coefficient (Wildman–Crippen LogP) is 2.55. The fraction of sp³-hybridized carbons (Fsp3) is 0.720. The van der Waals surface area contributed by atoms with Gasteiger partial charge in [0.15, 0.2) is 0 Å². The first-order valence-corrected chi connectivity index (χ1v) is 12.9. The summed E-state index contributed by atoms with van der Waals surface area (Å²) in [5.41, 5.74) is 0.558. The zero-order chi connectivity index (χ0) is 23.0. The largest absolute Gasteiger partial charge is 0.373 e. The average Bonchev–Trinajstić information content (AvgIpc) is 3.23. The second-order valence-corrected chi connectivity index (χ2v) is 9.73. The molecule has 3 aliphatic rings. The molecule has 0 unspecified atom stereocenters. The zero-order valence-corrected chi connectivity index (χ0v) is 20.2. The fourth-order valence-electron chi connectivity index (χ4n) is 5.29. The number of piperidine rings is 1. The molecule has 3 saturated heterocycles. The van der Waals surface area contributed by atoms with Crippen molar-refractivity contribution < 1.29 is 4.79 Å². The van der Waals surface area contributed by atoms with Gasteiger partial charge in [0.05, 0.1) is 0 Å². The molecule has 0 spiro atoms. The van der Waals surface area contributed by atoms with Crippen LogP contribution in [0.3, 0.4) is 0 Å². The second-order valence-electron chi connectivity index (χ2n) is 9.73. The van der Waals surface area contributed by atoms with E-state index in [4.69, 9.17) is 10.4 Å². The molecule has 0 radical (unpaired) electrons. The molecule has 0 bridgehead atoms. The molecule has 8 nitrogen and oxygen atoms in total. The molecule has 182 valence electrons. The Morgan fingerprint density at radius 1 is 0.939 bits per heavy atom. The van der Waals surface area contributed by atoms with Crippen LogP contribution in [0.4, 0.5) is 11.6 Å². The Hall–Kier alpha value is -2.19. The van der Waals surface area contributed by atoms with Crippen LogP contribution in [0.25, 0.3) is 0 Å². The number of aromatic nitrogens is 1. The molecule has 8 heteroatoms. The SMILES string of the molecule is CNc1nc(N2CCCCCC2)ccc1C(=N)C(=O)NC1CCN(CCN2CCCC2)CC1. The summed E-state index contributed by atoms with van der Waals surface area (Å²) < 4.78 is 0. The quantitative estimate of drug-likeness (QED) is 0.522. The third-order valence-electron chi connectivity index (χ3n) is 7.40. The molecule has 0 atom stereocenters. The van der Waals surface area contributed by atoms with E-state index in [1.165, 1.54) is 51.6 Å². The first kappa shape index (κ1) is 24.0. The van der Waals surface area contributed by atoms with E-state index in [1.807, 2.05) is 12.1 Å². The minimum atomic E-state index is -0.300. The summed E-state index contributed by atoms with van der Waals surface area (Å²) in [5.74, 6) is 1.24. The highest BCUT2D eigenvalue weighted by atomic mass is 16.1. The van der Waals surface area contributed by atoms with E-state index < -0.39 is 0 Å². The summed E-state index contributed by atoms with van der Waals surface area (Å²) in [6.07, 6.45) is 9.50. The summed E-state index contributed by atoms with van der Waals surface area (Å²) in [6.45, 7) is 8.84. The molecular formula is C25H41N7O. The Morgan fingerprint density at radius 2 is 1.55 bits per heavy atom. The first-order valence-electron chi connectivity index (χ1n) is 12.9. The van der Waals surface area contributed by atoms with Crippen molar-refractivity contribution in [3.63, 3.8) is 0 Å². The zero-order valence-electron chi connectivity index (χ0n) is 20.2. The molecule has 1 aromatic rings. The summed E-state index contributed by atoms with van der Waals surface area (Å²) in [7, 11) is 1.81. The van der Waals surface area contributed by atoms with Crippen molar-refractivity contribution in [1.82, 2.24) is 20.1 Å². The Morgan fingerprint density at radius 3 is 2.18 bits per heavy atom. The van der Waals surface area contributed by atoms with Gasteiger partial charge in [-0.3, -0.25) is 10.2 Å². The van der Waals surface area contributed by atoms with E-state index in [2.05, 4.69) is 25.3 Å². The van der Waals surface area contributed by atoms with Crippen molar-refractivity contribution in [2.45, 2.75) is 57.4 Å². The number of anilines is 2. The smallest absolute Gasteiger partial charge is 0.270 e. The summed E-state index contributed by atoms with van der Waals surface area (Å²) in [4.78, 5) is 25.0. The highest BCUT2D eigenvalue weighted by Gasteiger charge is 2.25. The van der Waals surface area contributed by atoms with Crippen LogP contribution < -0.4 is 15.5 Å². The topological polar surface area (TPSA) is 87.6 Å². The minimum absolute atomic E-state index is 0.00858. The van der Waals surface area contributed by atoms with Crippen LogP contribution in [0.1, 0.15) is 56.9 Å². The Kier molecular flexibility index (Phi) is 8.56. The van der Waals surface area contributed by atoms with Gasteiger partial charge in [-0.25, -0.2) is 4.98 Å². The lowest BCUT2D eigenvalue weighted by atomic mass is 10.0. The maximum atomic E-state index is 12.9. The van der Waals surface area contributed by atoms with Crippen LogP contribution >= 0.6 is 0 Å². The number of hydrogen-bond acceptors (Lipinski definition) is 7. The molecule has 3 aliphatic heterocycles. The van der Waals surface area contributed by atoms with E-state index in [0.717, 1.165) is 57.9 Å². The van der Waals surface area contributed by atoms with E-state index in [9.17, 15) is 4.79 Å². The molecule has 3 N–H and O–H groups in total. The standard InChI is InChI=1S/C25H41N7O/c1-27-24-21(8-9-22(29-24)32-14-4-2-3-5-15-32)23(26)25(33)28-20-10-16-31(17-11-20)19-18-30-12-6-7-13-30/h8-9,20,26H,2-7,10-19H2,1H3,(H,27,29)(H,28,33). The van der Waals surface area contributed by atoms with Gasteiger partial charge >= 0.3 is 0 Å². The molecule has 0 saturated carbocycles. The van der Waals surface area contributed by atoms with Gasteiger partial charge in [0.25, 0.3) is 5.91 Å². The number of amides is 1. The molecule has 1 amide bonds. The average molecular weight is 456 g/mol. The summed E-state index contributed by atoms with van der Waals surface area (Å²) in [6, 6.07) is 3.98. The maximum absolute atomic E-state index is 12.9. The van der Waals surface area contributed by atoms with Crippen LogP contribution in [0.15, 0.2) is 12.1 Å². The second kappa shape index (κ2) is 11.8. The lowest BCUT2D eigenvalue weighted by Crippen LogP contribution is -2.47. The highest BCUT2D eigenvalue weighted by Crippen LogP contribution is 2.23. The first-order chi connectivity index (χ1) is 16.1. The number of pyridine rings is 1. The van der Waals surface area contributed by atoms with Gasteiger partial charge in [0.1, 0.15) is 17.3 Å². The van der Waals surface area contributed by atoms with Crippen LogP contribution in [-0.2, 0) is 4.79 Å². The van der Waals surface area contributed by atoms with E-state index in [1.54, 1.807) is 7.05 Å². The van der Waals surface area contributed by atoms with Crippen molar-refractivity contribution in [3.8, 4) is 0 Å². The molecule has 33 heavy (non-hydrogen) atoms. The number of rotatable bonds is 8. The van der Waals surface area contributed by atoms with Crippen molar-refractivity contribution >= 4 is 23.3 Å². The normalized spacial score (nSPS) is 21.1. The van der Waals surface area contributed by atoms with Crippen molar-refractivity contribution in [1.29, 1.82) is 5.41 Å². The molecular weight excluding hydrogens is 414 g/mol. The van der Waals surface area contributed by atoms with Gasteiger partial charge in [-0.15, -0.1) is 0 Å².